The second-order valence-electron chi connectivity index (χ2n) is 7.84. The van der Waals surface area contributed by atoms with E-state index < -0.39 is 12.1 Å². The van der Waals surface area contributed by atoms with Gasteiger partial charge in [0.15, 0.2) is 0 Å². The van der Waals surface area contributed by atoms with Crippen molar-refractivity contribution in [1.82, 2.24) is 4.98 Å². The molecule has 0 amide bonds. The molecule has 31 heavy (non-hydrogen) atoms. The summed E-state index contributed by atoms with van der Waals surface area (Å²) in [7, 11) is 0. The van der Waals surface area contributed by atoms with Gasteiger partial charge in [-0.3, -0.25) is 0 Å². The first-order chi connectivity index (χ1) is 15.2. The van der Waals surface area contributed by atoms with Crippen molar-refractivity contribution in [3.63, 3.8) is 0 Å². The lowest BCUT2D eigenvalue weighted by Crippen LogP contribution is -2.20. The summed E-state index contributed by atoms with van der Waals surface area (Å²) in [6, 6.07) is 22.7. The number of aliphatic carboxylic acids is 1. The van der Waals surface area contributed by atoms with E-state index in [1.807, 2.05) is 42.5 Å². The van der Waals surface area contributed by atoms with Gasteiger partial charge >= 0.3 is 5.97 Å². The van der Waals surface area contributed by atoms with Crippen LogP contribution >= 0.6 is 0 Å². The monoisotopic (exact) mass is 412 g/mol. The normalized spacial score (nSPS) is 15.1. The number of nitrogens with zero attached hydrogens (tertiary/aromatic N) is 2. The van der Waals surface area contributed by atoms with Crippen LogP contribution in [-0.2, 0) is 4.79 Å². The molecule has 0 spiro atoms. The maximum absolute atomic E-state index is 12.0. The minimum Gasteiger partial charge on any atom is -0.478 e. The topological polar surface area (TPSA) is 83.2 Å². The van der Waals surface area contributed by atoms with Crippen molar-refractivity contribution in [3.8, 4) is 23.2 Å². The summed E-state index contributed by atoms with van der Waals surface area (Å²) in [5, 5.41) is 19.8. The van der Waals surface area contributed by atoms with E-state index in [0.29, 0.717) is 16.8 Å². The third kappa shape index (κ3) is 4.59. The van der Waals surface area contributed by atoms with Gasteiger partial charge in [0, 0.05) is 11.1 Å². The summed E-state index contributed by atoms with van der Waals surface area (Å²) in [6.07, 6.45) is 4.22. The fourth-order valence-electron chi connectivity index (χ4n) is 4.23. The Morgan fingerprint density at radius 2 is 1.68 bits per heavy atom. The van der Waals surface area contributed by atoms with Crippen molar-refractivity contribution in [2.45, 2.75) is 44.1 Å². The summed E-state index contributed by atoms with van der Waals surface area (Å²) >= 11 is 0. The van der Waals surface area contributed by atoms with Crippen molar-refractivity contribution >= 4 is 5.97 Å². The molecule has 0 aliphatic heterocycles. The summed E-state index contributed by atoms with van der Waals surface area (Å²) in [5.41, 5.74) is 3.34. The molecule has 1 unspecified atom stereocenters. The van der Waals surface area contributed by atoms with Crippen LogP contribution in [0.1, 0.15) is 60.8 Å². The number of hydrogen-bond donors (Lipinski definition) is 1. The Morgan fingerprint density at radius 1 is 1.03 bits per heavy atom. The second kappa shape index (κ2) is 9.44. The van der Waals surface area contributed by atoms with E-state index >= 15 is 0 Å². The molecule has 5 heteroatoms. The van der Waals surface area contributed by atoms with Crippen molar-refractivity contribution in [2.75, 3.05) is 0 Å². The quantitative estimate of drug-likeness (QED) is 0.547. The lowest BCUT2D eigenvalue weighted by molar-refractivity contribution is -0.145. The molecule has 3 aromatic rings. The number of benzene rings is 2. The largest absolute Gasteiger partial charge is 0.478 e. The second-order valence-corrected chi connectivity index (χ2v) is 7.84. The van der Waals surface area contributed by atoms with Gasteiger partial charge < -0.3 is 9.84 Å². The fraction of sp³-hybridized carbons (Fsp3) is 0.269. The molecule has 0 saturated heterocycles. The Morgan fingerprint density at radius 3 is 2.29 bits per heavy atom. The molecule has 1 fully saturated rings. The molecule has 1 aliphatic rings. The standard InChI is InChI=1S/C26H24N2O3/c27-17-22-21(18-10-4-1-5-11-18)16-23(19-12-6-2-7-13-19)28-25(22)31-24(26(29)30)20-14-8-3-9-15-20/h2-3,6-9,12-16,18,24H,1,4-5,10-11H2,(H,29,30). The molecule has 0 bridgehead atoms. The number of pyridine rings is 1. The van der Waals surface area contributed by atoms with E-state index in [4.69, 9.17) is 4.74 Å². The Kier molecular flexibility index (Phi) is 6.28. The zero-order valence-corrected chi connectivity index (χ0v) is 17.2. The van der Waals surface area contributed by atoms with Crippen molar-refractivity contribution in [2.24, 2.45) is 0 Å². The number of nitriles is 1. The van der Waals surface area contributed by atoms with Crippen LogP contribution in [0, 0.1) is 11.3 Å². The number of carbonyl (C=O) groups is 1. The predicted molar refractivity (Wildman–Crippen MR) is 118 cm³/mol. The van der Waals surface area contributed by atoms with Crippen molar-refractivity contribution in [1.29, 1.82) is 5.26 Å². The summed E-state index contributed by atoms with van der Waals surface area (Å²) in [6.45, 7) is 0. The average molecular weight is 412 g/mol. The molecule has 156 valence electrons. The molecular formula is C26H24N2O3. The van der Waals surface area contributed by atoms with Crippen LogP contribution < -0.4 is 4.74 Å². The number of carboxylic acids is 1. The Bertz CT molecular complexity index is 1080. The van der Waals surface area contributed by atoms with Gasteiger partial charge in [0.25, 0.3) is 0 Å². The molecule has 5 nitrogen and oxygen atoms in total. The number of ether oxygens (including phenoxy) is 1. The zero-order chi connectivity index (χ0) is 21.6. The van der Waals surface area contributed by atoms with Crippen molar-refractivity contribution < 1.29 is 14.6 Å². The fourth-order valence-corrected chi connectivity index (χ4v) is 4.23. The number of aromatic nitrogens is 1. The Hall–Kier alpha value is -3.65. The molecule has 1 N–H and O–H groups in total. The summed E-state index contributed by atoms with van der Waals surface area (Å²) < 4.78 is 5.94. The number of carboxylic acid groups (broad SMARTS) is 1. The van der Waals surface area contributed by atoms with Gasteiger partial charge in [-0.15, -0.1) is 0 Å². The molecule has 1 heterocycles. The van der Waals surface area contributed by atoms with Gasteiger partial charge in [0.1, 0.15) is 11.6 Å². The minimum atomic E-state index is -1.24. The van der Waals surface area contributed by atoms with Gasteiger partial charge in [-0.25, -0.2) is 9.78 Å². The first-order valence-electron chi connectivity index (χ1n) is 10.6. The highest BCUT2D eigenvalue weighted by atomic mass is 16.5. The average Bonchev–Trinajstić information content (AvgIpc) is 2.83. The SMILES string of the molecule is N#Cc1c(C2CCCCC2)cc(-c2ccccc2)nc1OC(C(=O)O)c1ccccc1. The van der Waals surface area contributed by atoms with Gasteiger partial charge in [0.05, 0.1) is 5.69 Å². The molecule has 1 saturated carbocycles. The van der Waals surface area contributed by atoms with Crippen LogP contribution in [0.4, 0.5) is 0 Å². The molecule has 1 aromatic heterocycles. The van der Waals surface area contributed by atoms with Crippen molar-refractivity contribution in [3.05, 3.63) is 83.4 Å². The smallest absolute Gasteiger partial charge is 0.349 e. The molecule has 2 aromatic carbocycles. The third-order valence-corrected chi connectivity index (χ3v) is 5.80. The predicted octanol–water partition coefficient (Wildman–Crippen LogP) is 5.87. The van der Waals surface area contributed by atoms with Crippen LogP contribution in [0.25, 0.3) is 11.3 Å². The molecular weight excluding hydrogens is 388 g/mol. The van der Waals surface area contributed by atoms with E-state index in [0.717, 1.165) is 36.8 Å². The van der Waals surface area contributed by atoms with E-state index in [2.05, 4.69) is 11.1 Å². The van der Waals surface area contributed by atoms with Gasteiger partial charge in [0.2, 0.25) is 12.0 Å². The van der Waals surface area contributed by atoms with E-state index in [1.54, 1.807) is 24.3 Å². The van der Waals surface area contributed by atoms with Crippen LogP contribution in [0.3, 0.4) is 0 Å². The number of hydrogen-bond acceptors (Lipinski definition) is 4. The molecule has 1 aliphatic carbocycles. The minimum absolute atomic E-state index is 0.0840. The maximum atomic E-state index is 12.0. The highest BCUT2D eigenvalue weighted by Crippen LogP contribution is 2.39. The highest BCUT2D eigenvalue weighted by molar-refractivity contribution is 5.75. The van der Waals surface area contributed by atoms with E-state index in [-0.39, 0.29) is 11.8 Å². The van der Waals surface area contributed by atoms with E-state index in [9.17, 15) is 15.2 Å². The maximum Gasteiger partial charge on any atom is 0.349 e. The Balaban J connectivity index is 1.83. The summed E-state index contributed by atoms with van der Waals surface area (Å²) in [4.78, 5) is 16.6. The van der Waals surface area contributed by atoms with Crippen LogP contribution in [0.15, 0.2) is 66.7 Å². The lowest BCUT2D eigenvalue weighted by Gasteiger charge is -2.25. The molecule has 1 atom stereocenters. The summed E-state index contributed by atoms with van der Waals surface area (Å²) in [5.74, 6) is -0.793. The van der Waals surface area contributed by atoms with Gasteiger partial charge in [-0.05, 0) is 30.4 Å². The lowest BCUT2D eigenvalue weighted by atomic mass is 9.82. The molecule has 4 rings (SSSR count). The first kappa shape index (κ1) is 20.6. The van der Waals surface area contributed by atoms with E-state index in [1.165, 1.54) is 6.42 Å². The highest BCUT2D eigenvalue weighted by Gasteiger charge is 2.28. The Labute approximate surface area is 182 Å². The first-order valence-corrected chi connectivity index (χ1v) is 10.6. The van der Waals surface area contributed by atoms with Crippen LogP contribution in [0.5, 0.6) is 5.88 Å². The third-order valence-electron chi connectivity index (χ3n) is 5.80. The van der Waals surface area contributed by atoms with Crippen LogP contribution in [-0.4, -0.2) is 16.1 Å². The van der Waals surface area contributed by atoms with Gasteiger partial charge in [-0.2, -0.15) is 5.26 Å². The van der Waals surface area contributed by atoms with Gasteiger partial charge in [-0.1, -0.05) is 79.9 Å². The number of rotatable bonds is 6. The van der Waals surface area contributed by atoms with Crippen LogP contribution in [0.2, 0.25) is 0 Å². The zero-order valence-electron chi connectivity index (χ0n) is 17.2. The molecule has 0 radical (unpaired) electrons.